The van der Waals surface area contributed by atoms with E-state index in [-0.39, 0.29) is 5.25 Å². The van der Waals surface area contributed by atoms with E-state index in [2.05, 4.69) is 5.32 Å². The highest BCUT2D eigenvalue weighted by Crippen LogP contribution is 2.35. The Morgan fingerprint density at radius 3 is 2.83 bits per heavy atom. The monoisotopic (exact) mass is 189 g/mol. The number of rotatable bonds is 3. The number of hydrogen-bond donors (Lipinski definition) is 2. The van der Waals surface area contributed by atoms with Crippen LogP contribution in [0.4, 0.5) is 0 Å². The second-order valence-electron chi connectivity index (χ2n) is 2.80. The van der Waals surface area contributed by atoms with Gasteiger partial charge in [-0.3, -0.25) is 4.79 Å². The van der Waals surface area contributed by atoms with Crippen LogP contribution < -0.4 is 5.32 Å². The summed E-state index contributed by atoms with van der Waals surface area (Å²) in [4.78, 5) is 21.1. The standard InChI is InChI=1S/C7H11NO3S/c1-5-7(6(10)11,8-4-9)2-3-12-5/h4-5H,2-3H2,1H3,(H,8,9)(H,10,11). The molecule has 2 atom stereocenters. The van der Waals surface area contributed by atoms with Crippen molar-refractivity contribution in [2.75, 3.05) is 5.75 Å². The smallest absolute Gasteiger partial charge is 0.330 e. The summed E-state index contributed by atoms with van der Waals surface area (Å²) in [7, 11) is 0. The Bertz CT molecular complexity index is 209. The van der Waals surface area contributed by atoms with Crippen molar-refractivity contribution in [1.29, 1.82) is 0 Å². The number of carbonyl (C=O) groups excluding carboxylic acids is 1. The summed E-state index contributed by atoms with van der Waals surface area (Å²) >= 11 is 1.57. The van der Waals surface area contributed by atoms with Gasteiger partial charge < -0.3 is 10.4 Å². The van der Waals surface area contributed by atoms with Crippen molar-refractivity contribution in [3.05, 3.63) is 0 Å². The predicted octanol–water partition coefficient (Wildman–Crippen LogP) is 0.0812. The number of amides is 1. The van der Waals surface area contributed by atoms with Crippen molar-refractivity contribution in [3.8, 4) is 0 Å². The fraction of sp³-hybridized carbons (Fsp3) is 0.714. The number of carboxylic acids is 1. The van der Waals surface area contributed by atoms with Crippen LogP contribution in [0.5, 0.6) is 0 Å². The number of nitrogens with one attached hydrogen (secondary N) is 1. The van der Waals surface area contributed by atoms with E-state index in [0.29, 0.717) is 12.8 Å². The summed E-state index contributed by atoms with van der Waals surface area (Å²) in [6.07, 6.45) is 0.976. The number of thioether (sulfide) groups is 1. The van der Waals surface area contributed by atoms with Crippen LogP contribution in [0.1, 0.15) is 13.3 Å². The topological polar surface area (TPSA) is 66.4 Å². The number of carbonyl (C=O) groups is 2. The van der Waals surface area contributed by atoms with E-state index in [1.807, 2.05) is 6.92 Å². The summed E-state index contributed by atoms with van der Waals surface area (Å²) in [5, 5.41) is 11.3. The van der Waals surface area contributed by atoms with Crippen molar-refractivity contribution in [2.24, 2.45) is 0 Å². The van der Waals surface area contributed by atoms with Gasteiger partial charge in [-0.05, 0) is 12.2 Å². The van der Waals surface area contributed by atoms with E-state index in [1.54, 1.807) is 11.8 Å². The van der Waals surface area contributed by atoms with Crippen molar-refractivity contribution < 1.29 is 14.7 Å². The lowest BCUT2D eigenvalue weighted by molar-refractivity contribution is -0.145. The molecule has 4 nitrogen and oxygen atoms in total. The van der Waals surface area contributed by atoms with Gasteiger partial charge in [0.25, 0.3) is 0 Å². The molecule has 0 aliphatic carbocycles. The molecule has 5 heteroatoms. The van der Waals surface area contributed by atoms with E-state index in [4.69, 9.17) is 5.11 Å². The van der Waals surface area contributed by atoms with Crippen LogP contribution in [0.25, 0.3) is 0 Å². The normalized spacial score (nSPS) is 34.6. The Labute approximate surface area is 74.7 Å². The third-order valence-electron chi connectivity index (χ3n) is 2.26. The largest absolute Gasteiger partial charge is 0.479 e. The van der Waals surface area contributed by atoms with E-state index < -0.39 is 11.5 Å². The highest BCUT2D eigenvalue weighted by molar-refractivity contribution is 8.00. The molecule has 12 heavy (non-hydrogen) atoms. The molecule has 1 amide bonds. The average molecular weight is 189 g/mol. The maximum absolute atomic E-state index is 10.9. The molecule has 0 radical (unpaired) electrons. The minimum atomic E-state index is -1.04. The fourth-order valence-electron chi connectivity index (χ4n) is 1.38. The molecule has 1 aliphatic heterocycles. The maximum atomic E-state index is 10.9. The number of aliphatic carboxylic acids is 1. The van der Waals surface area contributed by atoms with Gasteiger partial charge in [0.05, 0.1) is 0 Å². The molecule has 1 saturated heterocycles. The van der Waals surface area contributed by atoms with Crippen molar-refractivity contribution in [2.45, 2.75) is 24.1 Å². The van der Waals surface area contributed by atoms with Crippen LogP contribution in [0.3, 0.4) is 0 Å². The molecule has 2 N–H and O–H groups in total. The SMILES string of the molecule is CC1SCCC1(NC=O)C(=O)O. The Morgan fingerprint density at radius 1 is 1.83 bits per heavy atom. The zero-order chi connectivity index (χ0) is 9.19. The van der Waals surface area contributed by atoms with Crippen LogP contribution in [-0.2, 0) is 9.59 Å². The molecular weight excluding hydrogens is 178 g/mol. The third-order valence-corrected chi connectivity index (χ3v) is 3.60. The van der Waals surface area contributed by atoms with Crippen LogP contribution >= 0.6 is 11.8 Å². The van der Waals surface area contributed by atoms with E-state index in [0.717, 1.165) is 5.75 Å². The first-order valence-corrected chi connectivity index (χ1v) is 4.74. The van der Waals surface area contributed by atoms with Crippen molar-refractivity contribution >= 4 is 24.1 Å². The van der Waals surface area contributed by atoms with Crippen LogP contribution in [0.15, 0.2) is 0 Å². The molecule has 1 aliphatic rings. The molecule has 0 spiro atoms. The molecule has 1 heterocycles. The molecule has 0 bridgehead atoms. The molecule has 0 saturated carbocycles. The molecular formula is C7H11NO3S. The lowest BCUT2D eigenvalue weighted by Crippen LogP contribution is -2.55. The number of hydrogen-bond acceptors (Lipinski definition) is 3. The lowest BCUT2D eigenvalue weighted by atomic mass is 9.93. The van der Waals surface area contributed by atoms with Gasteiger partial charge in [0.15, 0.2) is 0 Å². The van der Waals surface area contributed by atoms with Gasteiger partial charge in [-0.2, -0.15) is 11.8 Å². The first-order valence-electron chi connectivity index (χ1n) is 3.70. The first kappa shape index (κ1) is 9.38. The second-order valence-corrected chi connectivity index (χ2v) is 4.25. The molecule has 1 fully saturated rings. The molecule has 68 valence electrons. The van der Waals surface area contributed by atoms with Gasteiger partial charge in [-0.25, -0.2) is 4.79 Å². The van der Waals surface area contributed by atoms with E-state index >= 15 is 0 Å². The zero-order valence-corrected chi connectivity index (χ0v) is 7.56. The summed E-state index contributed by atoms with van der Waals surface area (Å²) < 4.78 is 0. The molecule has 0 aromatic carbocycles. The molecule has 1 rings (SSSR count). The highest BCUT2D eigenvalue weighted by Gasteiger charge is 2.47. The Balaban J connectivity index is 2.84. The highest BCUT2D eigenvalue weighted by atomic mass is 32.2. The van der Waals surface area contributed by atoms with Gasteiger partial charge in [-0.15, -0.1) is 0 Å². The maximum Gasteiger partial charge on any atom is 0.330 e. The molecule has 0 aromatic rings. The predicted molar refractivity (Wildman–Crippen MR) is 46.1 cm³/mol. The zero-order valence-electron chi connectivity index (χ0n) is 6.74. The summed E-state index contributed by atoms with van der Waals surface area (Å²) in [5.41, 5.74) is -1.04. The Kier molecular flexibility index (Phi) is 2.62. The molecule has 0 aromatic heterocycles. The van der Waals surface area contributed by atoms with Gasteiger partial charge in [0, 0.05) is 5.25 Å². The van der Waals surface area contributed by atoms with Gasteiger partial charge in [0.2, 0.25) is 6.41 Å². The van der Waals surface area contributed by atoms with Crippen LogP contribution in [0.2, 0.25) is 0 Å². The van der Waals surface area contributed by atoms with Crippen molar-refractivity contribution in [1.82, 2.24) is 5.32 Å². The third kappa shape index (κ3) is 1.29. The minimum absolute atomic E-state index is 0.0554. The van der Waals surface area contributed by atoms with Crippen LogP contribution in [-0.4, -0.2) is 34.0 Å². The lowest BCUT2D eigenvalue weighted by Gasteiger charge is -2.26. The first-order chi connectivity index (χ1) is 5.63. The summed E-state index contributed by atoms with van der Waals surface area (Å²) in [6.45, 7) is 1.82. The Hall–Kier alpha value is -0.710. The Morgan fingerprint density at radius 2 is 2.50 bits per heavy atom. The van der Waals surface area contributed by atoms with E-state index in [9.17, 15) is 9.59 Å². The quantitative estimate of drug-likeness (QED) is 0.617. The fourth-order valence-corrected chi connectivity index (χ4v) is 2.74. The molecule has 2 unspecified atom stereocenters. The average Bonchev–Trinajstić information content (AvgIpc) is 2.34. The van der Waals surface area contributed by atoms with Gasteiger partial charge in [-0.1, -0.05) is 6.92 Å². The van der Waals surface area contributed by atoms with E-state index in [1.165, 1.54) is 0 Å². The summed E-state index contributed by atoms with van der Waals surface area (Å²) in [5.74, 6) is -0.152. The summed E-state index contributed by atoms with van der Waals surface area (Å²) in [6, 6.07) is 0. The number of carboxylic acid groups (broad SMARTS) is 1. The minimum Gasteiger partial charge on any atom is -0.479 e. The second kappa shape index (κ2) is 3.35. The van der Waals surface area contributed by atoms with Gasteiger partial charge >= 0.3 is 5.97 Å². The van der Waals surface area contributed by atoms with Crippen LogP contribution in [0, 0.1) is 0 Å². The van der Waals surface area contributed by atoms with Gasteiger partial charge in [0.1, 0.15) is 5.54 Å². The van der Waals surface area contributed by atoms with Crippen molar-refractivity contribution in [3.63, 3.8) is 0 Å².